The van der Waals surface area contributed by atoms with Crippen LogP contribution in [0.5, 0.6) is 0 Å². The molecule has 1 aliphatic carbocycles. The summed E-state index contributed by atoms with van der Waals surface area (Å²) in [6, 6.07) is 0.403. The van der Waals surface area contributed by atoms with E-state index in [0.717, 1.165) is 18.6 Å². The summed E-state index contributed by atoms with van der Waals surface area (Å²) in [6.45, 7) is 6.83. The van der Waals surface area contributed by atoms with Gasteiger partial charge in [0.1, 0.15) is 5.69 Å². The lowest BCUT2D eigenvalue weighted by molar-refractivity contribution is 0.111. The Balaban J connectivity index is 2.22. The van der Waals surface area contributed by atoms with Crippen LogP contribution in [0.25, 0.3) is 0 Å². The molecule has 0 N–H and O–H groups in total. The van der Waals surface area contributed by atoms with E-state index < -0.39 is 0 Å². The molecular formula is C13H21N3O. The van der Waals surface area contributed by atoms with Gasteiger partial charge in [0.2, 0.25) is 0 Å². The van der Waals surface area contributed by atoms with Crippen LogP contribution in [0.15, 0.2) is 6.20 Å². The van der Waals surface area contributed by atoms with Crippen LogP contribution in [0, 0.1) is 17.8 Å². The summed E-state index contributed by atoms with van der Waals surface area (Å²) >= 11 is 0. The molecular weight excluding hydrogens is 214 g/mol. The van der Waals surface area contributed by atoms with E-state index >= 15 is 0 Å². The molecule has 3 atom stereocenters. The van der Waals surface area contributed by atoms with E-state index in [1.54, 1.807) is 6.20 Å². The van der Waals surface area contributed by atoms with Gasteiger partial charge in [-0.15, -0.1) is 5.10 Å². The lowest BCUT2D eigenvalue weighted by Gasteiger charge is -2.37. The van der Waals surface area contributed by atoms with E-state index in [-0.39, 0.29) is 0 Å². The summed E-state index contributed by atoms with van der Waals surface area (Å²) < 4.78 is 1.91. The first-order chi connectivity index (χ1) is 8.11. The van der Waals surface area contributed by atoms with Crippen molar-refractivity contribution in [3.63, 3.8) is 0 Å². The van der Waals surface area contributed by atoms with Crippen LogP contribution >= 0.6 is 0 Å². The number of carbonyl (C=O) groups is 1. The average molecular weight is 235 g/mol. The predicted octanol–water partition coefficient (Wildman–Crippen LogP) is 2.72. The molecule has 1 aliphatic rings. The zero-order valence-electron chi connectivity index (χ0n) is 10.8. The normalized spacial score (nSPS) is 29.5. The maximum absolute atomic E-state index is 10.7. The summed E-state index contributed by atoms with van der Waals surface area (Å²) in [5.41, 5.74) is 0.436. The smallest absolute Gasteiger partial charge is 0.171 e. The Morgan fingerprint density at radius 3 is 2.82 bits per heavy atom. The molecule has 0 bridgehead atoms. The molecule has 4 nitrogen and oxygen atoms in total. The molecule has 94 valence electrons. The highest BCUT2D eigenvalue weighted by molar-refractivity contribution is 5.70. The van der Waals surface area contributed by atoms with Crippen molar-refractivity contribution in [2.24, 2.45) is 17.8 Å². The highest BCUT2D eigenvalue weighted by atomic mass is 16.1. The summed E-state index contributed by atoms with van der Waals surface area (Å²) in [6.07, 6.45) is 6.24. The maximum Gasteiger partial charge on any atom is 0.171 e. The Bertz CT molecular complexity index is 386. The van der Waals surface area contributed by atoms with Crippen molar-refractivity contribution in [2.45, 2.75) is 46.1 Å². The van der Waals surface area contributed by atoms with Crippen LogP contribution in [0.2, 0.25) is 0 Å². The molecule has 0 spiro atoms. The Hall–Kier alpha value is -1.19. The van der Waals surface area contributed by atoms with Crippen LogP contribution in [-0.4, -0.2) is 21.3 Å². The van der Waals surface area contributed by atoms with E-state index in [4.69, 9.17) is 0 Å². The van der Waals surface area contributed by atoms with Crippen molar-refractivity contribution < 1.29 is 4.79 Å². The molecule has 1 aromatic heterocycles. The topological polar surface area (TPSA) is 47.8 Å². The summed E-state index contributed by atoms with van der Waals surface area (Å²) in [5.74, 6) is 2.03. The van der Waals surface area contributed by atoms with Gasteiger partial charge in [-0.3, -0.25) is 4.79 Å². The first-order valence-electron chi connectivity index (χ1n) is 6.48. The maximum atomic E-state index is 10.7. The molecule has 0 saturated heterocycles. The Morgan fingerprint density at radius 1 is 1.47 bits per heavy atom. The molecule has 4 heteroatoms. The number of carbonyl (C=O) groups excluding carboxylic acids is 1. The molecule has 1 saturated carbocycles. The number of aldehydes is 1. The highest BCUT2D eigenvalue weighted by Crippen LogP contribution is 2.40. The Morgan fingerprint density at radius 2 is 2.24 bits per heavy atom. The van der Waals surface area contributed by atoms with Gasteiger partial charge in [0.25, 0.3) is 0 Å². The second-order valence-electron chi connectivity index (χ2n) is 5.63. The monoisotopic (exact) mass is 235 g/mol. The van der Waals surface area contributed by atoms with Gasteiger partial charge in [-0.05, 0) is 30.6 Å². The number of nitrogens with zero attached hydrogens (tertiary/aromatic N) is 3. The molecule has 0 aromatic carbocycles. The van der Waals surface area contributed by atoms with Crippen molar-refractivity contribution in [1.82, 2.24) is 15.0 Å². The quantitative estimate of drug-likeness (QED) is 0.757. The van der Waals surface area contributed by atoms with Crippen molar-refractivity contribution in [3.05, 3.63) is 11.9 Å². The first kappa shape index (κ1) is 12.3. The van der Waals surface area contributed by atoms with Crippen molar-refractivity contribution in [2.75, 3.05) is 0 Å². The van der Waals surface area contributed by atoms with Crippen LogP contribution < -0.4 is 0 Å². The molecule has 0 aliphatic heterocycles. The van der Waals surface area contributed by atoms with E-state index in [1.165, 1.54) is 12.8 Å². The van der Waals surface area contributed by atoms with E-state index in [2.05, 4.69) is 31.1 Å². The fraction of sp³-hybridized carbons (Fsp3) is 0.769. The molecule has 17 heavy (non-hydrogen) atoms. The number of hydrogen-bond donors (Lipinski definition) is 0. The second kappa shape index (κ2) is 4.98. The van der Waals surface area contributed by atoms with Gasteiger partial charge in [-0.1, -0.05) is 32.4 Å². The number of hydrogen-bond acceptors (Lipinski definition) is 3. The fourth-order valence-electron chi connectivity index (χ4n) is 2.96. The summed E-state index contributed by atoms with van der Waals surface area (Å²) in [5, 5.41) is 7.99. The van der Waals surface area contributed by atoms with Gasteiger partial charge in [-0.25, -0.2) is 4.68 Å². The summed E-state index contributed by atoms with van der Waals surface area (Å²) in [4.78, 5) is 10.7. The summed E-state index contributed by atoms with van der Waals surface area (Å²) in [7, 11) is 0. The van der Waals surface area contributed by atoms with E-state index in [1.807, 2.05) is 4.68 Å². The first-order valence-corrected chi connectivity index (χ1v) is 6.48. The SMILES string of the molecule is CC(C)[C@@H]1CC[C@@H](C)C[C@H]1n1cc(C=O)nn1. The zero-order chi connectivity index (χ0) is 12.4. The molecule has 0 radical (unpaired) electrons. The highest BCUT2D eigenvalue weighted by Gasteiger charge is 2.32. The minimum atomic E-state index is 0.403. The Labute approximate surface area is 102 Å². The van der Waals surface area contributed by atoms with Crippen LogP contribution in [0.3, 0.4) is 0 Å². The zero-order valence-corrected chi connectivity index (χ0v) is 10.8. The van der Waals surface area contributed by atoms with Crippen molar-refractivity contribution >= 4 is 6.29 Å². The largest absolute Gasteiger partial charge is 0.296 e. The van der Waals surface area contributed by atoms with E-state index in [0.29, 0.717) is 23.6 Å². The molecule has 2 rings (SSSR count). The third-order valence-corrected chi connectivity index (χ3v) is 3.98. The van der Waals surface area contributed by atoms with Gasteiger partial charge in [0, 0.05) is 0 Å². The lowest BCUT2D eigenvalue weighted by Crippen LogP contribution is -2.30. The minimum absolute atomic E-state index is 0.403. The van der Waals surface area contributed by atoms with Gasteiger partial charge in [-0.2, -0.15) is 0 Å². The van der Waals surface area contributed by atoms with Crippen molar-refractivity contribution in [1.29, 1.82) is 0 Å². The van der Waals surface area contributed by atoms with Crippen molar-refractivity contribution in [3.8, 4) is 0 Å². The third kappa shape index (κ3) is 2.56. The van der Waals surface area contributed by atoms with Gasteiger partial charge in [0.15, 0.2) is 6.29 Å². The minimum Gasteiger partial charge on any atom is -0.296 e. The van der Waals surface area contributed by atoms with Crippen LogP contribution in [0.1, 0.15) is 56.6 Å². The third-order valence-electron chi connectivity index (χ3n) is 3.98. The number of rotatable bonds is 3. The molecule has 1 aromatic rings. The molecule has 0 amide bonds. The predicted molar refractivity (Wildman–Crippen MR) is 65.8 cm³/mol. The van der Waals surface area contributed by atoms with Gasteiger partial charge in [0.05, 0.1) is 12.2 Å². The Kier molecular flexibility index (Phi) is 3.60. The standard InChI is InChI=1S/C13H21N3O/c1-9(2)12-5-4-10(3)6-13(12)16-7-11(8-17)14-15-16/h7-10,12-13H,4-6H2,1-3H3/t10-,12+,13-/m1/s1. The fourth-order valence-corrected chi connectivity index (χ4v) is 2.96. The lowest BCUT2D eigenvalue weighted by atomic mass is 9.74. The molecule has 0 unspecified atom stereocenters. The van der Waals surface area contributed by atoms with Crippen LogP contribution in [0.4, 0.5) is 0 Å². The average Bonchev–Trinajstić information content (AvgIpc) is 2.76. The van der Waals surface area contributed by atoms with Crippen LogP contribution in [-0.2, 0) is 0 Å². The van der Waals surface area contributed by atoms with Gasteiger partial charge >= 0.3 is 0 Å². The van der Waals surface area contributed by atoms with E-state index in [9.17, 15) is 4.79 Å². The number of aromatic nitrogens is 3. The van der Waals surface area contributed by atoms with Gasteiger partial charge < -0.3 is 0 Å². The second-order valence-corrected chi connectivity index (χ2v) is 5.63. The molecule has 1 fully saturated rings. The molecule has 1 heterocycles.